The summed E-state index contributed by atoms with van der Waals surface area (Å²) in [5.41, 5.74) is 2.64. The minimum atomic E-state index is -0.156. The van der Waals surface area contributed by atoms with Crippen molar-refractivity contribution in [2.75, 3.05) is 5.32 Å². The molecule has 0 atom stereocenters. The summed E-state index contributed by atoms with van der Waals surface area (Å²) in [6.07, 6.45) is 3.21. The lowest BCUT2D eigenvalue weighted by molar-refractivity contribution is -0.111. The Morgan fingerprint density at radius 1 is 1.42 bits per heavy atom. The van der Waals surface area contributed by atoms with E-state index in [0.29, 0.717) is 0 Å². The summed E-state index contributed by atoms with van der Waals surface area (Å²) in [4.78, 5) is 16.1. The molecule has 0 bridgehead atoms. The standard InChI is InChI=1S/C14H13BrN2OS/c1-9-7-11(15)3-5-13(9)17-14(18)6-4-12-8-19-10(2)16-12/h3-8H,1-2H3,(H,17,18)/b6-4+. The van der Waals surface area contributed by atoms with Gasteiger partial charge in [0.05, 0.1) is 10.7 Å². The van der Waals surface area contributed by atoms with Crippen molar-refractivity contribution in [1.82, 2.24) is 4.98 Å². The molecule has 98 valence electrons. The van der Waals surface area contributed by atoms with Gasteiger partial charge in [-0.3, -0.25) is 4.79 Å². The number of aromatic nitrogens is 1. The van der Waals surface area contributed by atoms with Gasteiger partial charge in [-0.25, -0.2) is 4.98 Å². The van der Waals surface area contributed by atoms with Crippen LogP contribution in [0.2, 0.25) is 0 Å². The SMILES string of the molecule is Cc1nc(/C=C/C(=O)Nc2ccc(Br)cc2C)cs1. The topological polar surface area (TPSA) is 42.0 Å². The third kappa shape index (κ3) is 4.01. The highest BCUT2D eigenvalue weighted by atomic mass is 79.9. The molecule has 0 aliphatic carbocycles. The van der Waals surface area contributed by atoms with Gasteiger partial charge in [0, 0.05) is 21.6 Å². The third-order valence-corrected chi connectivity index (χ3v) is 3.77. The molecule has 5 heteroatoms. The Labute approximate surface area is 124 Å². The van der Waals surface area contributed by atoms with E-state index in [-0.39, 0.29) is 5.91 Å². The highest BCUT2D eigenvalue weighted by Gasteiger charge is 2.02. The van der Waals surface area contributed by atoms with E-state index in [1.165, 1.54) is 6.08 Å². The van der Waals surface area contributed by atoms with Crippen LogP contribution in [0.3, 0.4) is 0 Å². The first-order valence-electron chi connectivity index (χ1n) is 5.72. The summed E-state index contributed by atoms with van der Waals surface area (Å²) >= 11 is 4.96. The first-order chi connectivity index (χ1) is 9.04. The first kappa shape index (κ1) is 14.0. The largest absolute Gasteiger partial charge is 0.322 e. The molecule has 3 nitrogen and oxygen atoms in total. The van der Waals surface area contributed by atoms with Crippen molar-refractivity contribution in [3.05, 3.63) is 50.4 Å². The second-order valence-corrected chi connectivity index (χ2v) is 6.05. The van der Waals surface area contributed by atoms with E-state index in [1.54, 1.807) is 17.4 Å². The van der Waals surface area contributed by atoms with Gasteiger partial charge in [0.25, 0.3) is 0 Å². The predicted octanol–water partition coefficient (Wildman–Crippen LogP) is 4.17. The van der Waals surface area contributed by atoms with Crippen LogP contribution in [-0.4, -0.2) is 10.9 Å². The van der Waals surface area contributed by atoms with Crippen molar-refractivity contribution >= 4 is 44.9 Å². The zero-order valence-electron chi connectivity index (χ0n) is 10.6. The number of benzene rings is 1. The summed E-state index contributed by atoms with van der Waals surface area (Å²) < 4.78 is 0.997. The molecule has 2 rings (SSSR count). The van der Waals surface area contributed by atoms with Crippen LogP contribution in [0.5, 0.6) is 0 Å². The van der Waals surface area contributed by atoms with Gasteiger partial charge in [-0.2, -0.15) is 0 Å². The second-order valence-electron chi connectivity index (χ2n) is 4.07. The summed E-state index contributed by atoms with van der Waals surface area (Å²) in [6, 6.07) is 5.73. The van der Waals surface area contributed by atoms with Crippen LogP contribution < -0.4 is 5.32 Å². The molecule has 0 saturated carbocycles. The number of carbonyl (C=O) groups excluding carboxylic acids is 1. The summed E-state index contributed by atoms with van der Waals surface area (Å²) in [5, 5.41) is 5.75. The van der Waals surface area contributed by atoms with Crippen molar-refractivity contribution in [3.63, 3.8) is 0 Å². The lowest BCUT2D eigenvalue weighted by atomic mass is 10.2. The number of nitrogens with one attached hydrogen (secondary N) is 1. The summed E-state index contributed by atoms with van der Waals surface area (Å²) in [7, 11) is 0. The normalized spacial score (nSPS) is 10.9. The molecule has 0 unspecified atom stereocenters. The van der Waals surface area contributed by atoms with Crippen LogP contribution >= 0.6 is 27.3 Å². The lowest BCUT2D eigenvalue weighted by Gasteiger charge is -2.06. The van der Waals surface area contributed by atoms with Crippen LogP contribution in [0.15, 0.2) is 34.1 Å². The predicted molar refractivity (Wildman–Crippen MR) is 83.4 cm³/mol. The molecule has 0 saturated heterocycles. The molecule has 0 radical (unpaired) electrons. The van der Waals surface area contributed by atoms with Crippen LogP contribution in [0.4, 0.5) is 5.69 Å². The summed E-state index contributed by atoms with van der Waals surface area (Å²) in [5.74, 6) is -0.156. The number of carbonyl (C=O) groups is 1. The molecule has 2 aromatic rings. The molecule has 1 N–H and O–H groups in total. The van der Waals surface area contributed by atoms with Crippen molar-refractivity contribution in [3.8, 4) is 0 Å². The van der Waals surface area contributed by atoms with Crippen LogP contribution in [0, 0.1) is 13.8 Å². The fraction of sp³-hybridized carbons (Fsp3) is 0.143. The molecule has 1 aromatic carbocycles. The Hall–Kier alpha value is -1.46. The molecule has 0 fully saturated rings. The van der Waals surface area contributed by atoms with Gasteiger partial charge in [-0.15, -0.1) is 11.3 Å². The zero-order valence-corrected chi connectivity index (χ0v) is 13.0. The van der Waals surface area contributed by atoms with Gasteiger partial charge < -0.3 is 5.32 Å². The van der Waals surface area contributed by atoms with E-state index in [4.69, 9.17) is 0 Å². The smallest absolute Gasteiger partial charge is 0.248 e. The van der Waals surface area contributed by atoms with Gasteiger partial charge in [0.15, 0.2) is 0 Å². The summed E-state index contributed by atoms with van der Waals surface area (Å²) in [6.45, 7) is 3.89. The number of anilines is 1. The fourth-order valence-electron chi connectivity index (χ4n) is 1.56. The maximum Gasteiger partial charge on any atom is 0.248 e. The Morgan fingerprint density at radius 2 is 2.21 bits per heavy atom. The highest BCUT2D eigenvalue weighted by Crippen LogP contribution is 2.20. The van der Waals surface area contributed by atoms with Crippen LogP contribution in [0.1, 0.15) is 16.3 Å². The number of nitrogens with zero attached hydrogens (tertiary/aromatic N) is 1. The lowest BCUT2D eigenvalue weighted by Crippen LogP contribution is -2.08. The monoisotopic (exact) mass is 336 g/mol. The van der Waals surface area contributed by atoms with Gasteiger partial charge in [0.2, 0.25) is 5.91 Å². The number of hydrogen-bond donors (Lipinski definition) is 1. The Balaban J connectivity index is 2.03. The van der Waals surface area contributed by atoms with Crippen LogP contribution in [0.25, 0.3) is 6.08 Å². The molecule has 1 heterocycles. The number of halogens is 1. The van der Waals surface area contributed by atoms with Crippen molar-refractivity contribution in [2.24, 2.45) is 0 Å². The Morgan fingerprint density at radius 3 is 2.84 bits per heavy atom. The van der Waals surface area contributed by atoms with E-state index >= 15 is 0 Å². The van der Waals surface area contributed by atoms with Crippen LogP contribution in [-0.2, 0) is 4.79 Å². The molecule has 19 heavy (non-hydrogen) atoms. The number of rotatable bonds is 3. The number of thiazole rings is 1. The average Bonchev–Trinajstić information content (AvgIpc) is 2.76. The van der Waals surface area contributed by atoms with Gasteiger partial charge in [-0.05, 0) is 43.7 Å². The molecule has 1 amide bonds. The Bertz CT molecular complexity index is 634. The first-order valence-corrected chi connectivity index (χ1v) is 7.39. The van der Waals surface area contributed by atoms with Crippen molar-refractivity contribution in [2.45, 2.75) is 13.8 Å². The number of aryl methyl sites for hydroxylation is 2. The van der Waals surface area contributed by atoms with E-state index in [1.807, 2.05) is 37.4 Å². The second kappa shape index (κ2) is 6.12. The van der Waals surface area contributed by atoms with Crippen molar-refractivity contribution < 1.29 is 4.79 Å². The third-order valence-electron chi connectivity index (χ3n) is 2.49. The molecular formula is C14H13BrN2OS. The number of hydrogen-bond acceptors (Lipinski definition) is 3. The van der Waals surface area contributed by atoms with Crippen molar-refractivity contribution in [1.29, 1.82) is 0 Å². The molecular weight excluding hydrogens is 324 g/mol. The fourth-order valence-corrected chi connectivity index (χ4v) is 2.62. The van der Waals surface area contributed by atoms with E-state index in [9.17, 15) is 4.79 Å². The minimum Gasteiger partial charge on any atom is -0.322 e. The average molecular weight is 337 g/mol. The maximum atomic E-state index is 11.8. The van der Waals surface area contributed by atoms with Gasteiger partial charge in [-0.1, -0.05) is 15.9 Å². The minimum absolute atomic E-state index is 0.156. The van der Waals surface area contributed by atoms with Gasteiger partial charge in [0.1, 0.15) is 0 Å². The van der Waals surface area contributed by atoms with E-state index in [2.05, 4.69) is 26.2 Å². The number of amides is 1. The van der Waals surface area contributed by atoms with E-state index < -0.39 is 0 Å². The molecule has 0 aliphatic rings. The van der Waals surface area contributed by atoms with Gasteiger partial charge >= 0.3 is 0 Å². The zero-order chi connectivity index (χ0) is 13.8. The van der Waals surface area contributed by atoms with E-state index in [0.717, 1.165) is 26.4 Å². The maximum absolute atomic E-state index is 11.8. The quantitative estimate of drug-likeness (QED) is 0.854. The highest BCUT2D eigenvalue weighted by molar-refractivity contribution is 9.10. The Kier molecular flexibility index (Phi) is 4.50. The molecule has 0 aliphatic heterocycles. The molecule has 1 aromatic heterocycles. The molecule has 0 spiro atoms.